The second-order valence-electron chi connectivity index (χ2n) is 8.42. The molecule has 0 spiro atoms. The maximum atomic E-state index is 13.1. The van der Waals surface area contributed by atoms with Crippen LogP contribution in [0.3, 0.4) is 0 Å². The molecule has 0 N–H and O–H groups in total. The lowest BCUT2D eigenvalue weighted by Crippen LogP contribution is -2.30. The summed E-state index contributed by atoms with van der Waals surface area (Å²) < 4.78 is 13.1. The smallest absolute Gasteiger partial charge is 0.293 e. The van der Waals surface area contributed by atoms with Crippen LogP contribution in [0.1, 0.15) is 29.2 Å². The van der Waals surface area contributed by atoms with E-state index in [2.05, 4.69) is 22.5 Å². The fourth-order valence-corrected chi connectivity index (χ4v) is 5.10. The van der Waals surface area contributed by atoms with E-state index in [1.807, 2.05) is 73.7 Å². The number of imide groups is 1. The molecule has 2 amide bonds. The monoisotopic (exact) mass is 577 g/mol. The van der Waals surface area contributed by atoms with E-state index in [1.54, 1.807) is 12.2 Å². The van der Waals surface area contributed by atoms with Crippen molar-refractivity contribution < 1.29 is 19.1 Å². The maximum Gasteiger partial charge on any atom is 0.293 e. The van der Waals surface area contributed by atoms with Crippen molar-refractivity contribution in [2.75, 3.05) is 13.2 Å². The van der Waals surface area contributed by atoms with Crippen LogP contribution < -0.4 is 9.47 Å². The molecule has 1 heterocycles. The van der Waals surface area contributed by atoms with Gasteiger partial charge in [0, 0.05) is 16.6 Å². The van der Waals surface area contributed by atoms with Gasteiger partial charge in [-0.25, -0.2) is 0 Å². The van der Waals surface area contributed by atoms with Gasteiger partial charge in [0.1, 0.15) is 6.61 Å². The highest BCUT2D eigenvalue weighted by Gasteiger charge is 2.34. The molecule has 1 aliphatic heterocycles. The van der Waals surface area contributed by atoms with E-state index in [0.29, 0.717) is 49.0 Å². The van der Waals surface area contributed by atoms with Crippen LogP contribution in [0.15, 0.2) is 88.8 Å². The predicted molar refractivity (Wildman–Crippen MR) is 153 cm³/mol. The summed E-state index contributed by atoms with van der Waals surface area (Å²) in [6, 6.07) is 21.6. The number of amides is 2. The summed E-state index contributed by atoms with van der Waals surface area (Å²) in [5.41, 5.74) is 3.78. The molecule has 0 atom stereocenters. The zero-order valence-electron chi connectivity index (χ0n) is 20.6. The van der Waals surface area contributed by atoms with Crippen molar-refractivity contribution in [3.05, 3.63) is 111 Å². The first kappa shape index (κ1) is 26.8. The number of hydrogen-bond donors (Lipinski definition) is 0. The van der Waals surface area contributed by atoms with Crippen molar-refractivity contribution in [3.8, 4) is 11.5 Å². The molecule has 1 saturated heterocycles. The molecule has 0 aromatic heterocycles. The lowest BCUT2D eigenvalue weighted by molar-refractivity contribution is -0.122. The van der Waals surface area contributed by atoms with Crippen molar-refractivity contribution in [3.63, 3.8) is 0 Å². The Kier molecular flexibility index (Phi) is 9.25. The van der Waals surface area contributed by atoms with E-state index in [0.717, 1.165) is 38.5 Å². The Morgan fingerprint density at radius 1 is 1.00 bits per heavy atom. The second kappa shape index (κ2) is 12.8. The number of carbonyl (C=O) groups excluding carboxylic acids is 2. The summed E-state index contributed by atoms with van der Waals surface area (Å²) in [4.78, 5) is 27.4. The molecule has 0 radical (unpaired) electrons. The molecule has 5 nitrogen and oxygen atoms in total. The highest BCUT2D eigenvalue weighted by atomic mass is 79.9. The van der Waals surface area contributed by atoms with E-state index in [4.69, 9.17) is 9.47 Å². The zero-order valence-corrected chi connectivity index (χ0v) is 23.0. The summed E-state index contributed by atoms with van der Waals surface area (Å²) in [7, 11) is 0. The minimum Gasteiger partial charge on any atom is -0.490 e. The minimum atomic E-state index is -0.273. The fourth-order valence-electron chi connectivity index (χ4n) is 3.97. The van der Waals surface area contributed by atoms with Gasteiger partial charge in [-0.05, 0) is 78.6 Å². The van der Waals surface area contributed by atoms with Crippen molar-refractivity contribution >= 4 is 44.9 Å². The number of benzene rings is 3. The maximum absolute atomic E-state index is 13.1. The first-order valence-electron chi connectivity index (χ1n) is 12.1. The third-order valence-corrected chi connectivity index (χ3v) is 7.19. The second-order valence-corrected chi connectivity index (χ2v) is 10.3. The fraction of sp³-hybridized carbons (Fsp3) is 0.200. The number of ether oxygens (including phenoxy) is 2. The number of carbonyl (C=O) groups is 2. The van der Waals surface area contributed by atoms with Gasteiger partial charge in [-0.2, -0.15) is 0 Å². The van der Waals surface area contributed by atoms with E-state index < -0.39 is 0 Å². The lowest BCUT2D eigenvalue weighted by atomic mass is 10.0. The summed E-state index contributed by atoms with van der Waals surface area (Å²) in [5, 5.41) is -0.252. The van der Waals surface area contributed by atoms with Crippen LogP contribution in [-0.2, 0) is 24.2 Å². The van der Waals surface area contributed by atoms with Gasteiger partial charge in [-0.15, -0.1) is 6.58 Å². The Morgan fingerprint density at radius 3 is 2.46 bits per heavy atom. The quantitative estimate of drug-likeness (QED) is 0.175. The normalized spacial score (nSPS) is 14.3. The number of thioether (sulfide) groups is 1. The van der Waals surface area contributed by atoms with Crippen LogP contribution in [0, 0.1) is 0 Å². The molecule has 3 aromatic rings. The largest absolute Gasteiger partial charge is 0.490 e. The Balaban J connectivity index is 1.57. The molecule has 0 bridgehead atoms. The highest BCUT2D eigenvalue weighted by molar-refractivity contribution is 9.10. The van der Waals surface area contributed by atoms with Crippen molar-refractivity contribution in [1.82, 2.24) is 4.90 Å². The van der Waals surface area contributed by atoms with Gasteiger partial charge in [-0.3, -0.25) is 14.5 Å². The Hall–Kier alpha value is -3.29. The van der Waals surface area contributed by atoms with Gasteiger partial charge in [0.2, 0.25) is 0 Å². The van der Waals surface area contributed by atoms with E-state index in [9.17, 15) is 9.59 Å². The Labute approximate surface area is 230 Å². The summed E-state index contributed by atoms with van der Waals surface area (Å²) >= 11 is 4.42. The Morgan fingerprint density at radius 2 is 1.76 bits per heavy atom. The van der Waals surface area contributed by atoms with Crippen LogP contribution in [-0.4, -0.2) is 29.2 Å². The van der Waals surface area contributed by atoms with Gasteiger partial charge in [-0.1, -0.05) is 64.5 Å². The third kappa shape index (κ3) is 6.93. The van der Waals surface area contributed by atoms with Crippen LogP contribution in [0.4, 0.5) is 4.79 Å². The molecule has 4 rings (SSSR count). The van der Waals surface area contributed by atoms with E-state index in [-0.39, 0.29) is 11.1 Å². The molecule has 3 aromatic carbocycles. The molecule has 37 heavy (non-hydrogen) atoms. The van der Waals surface area contributed by atoms with Crippen LogP contribution in [0.2, 0.25) is 0 Å². The molecule has 1 aliphatic rings. The van der Waals surface area contributed by atoms with Gasteiger partial charge in [0.25, 0.3) is 11.1 Å². The van der Waals surface area contributed by atoms with Crippen LogP contribution in [0.5, 0.6) is 11.5 Å². The van der Waals surface area contributed by atoms with E-state index >= 15 is 0 Å². The zero-order chi connectivity index (χ0) is 26.2. The number of nitrogens with zero attached hydrogens (tertiary/aromatic N) is 1. The van der Waals surface area contributed by atoms with Gasteiger partial charge < -0.3 is 9.47 Å². The molecule has 0 unspecified atom stereocenters. The first-order chi connectivity index (χ1) is 18.0. The highest BCUT2D eigenvalue weighted by Crippen LogP contribution is 2.38. The van der Waals surface area contributed by atoms with Crippen molar-refractivity contribution in [2.45, 2.75) is 26.4 Å². The van der Waals surface area contributed by atoms with Crippen molar-refractivity contribution in [2.24, 2.45) is 0 Å². The molecule has 7 heteroatoms. The standard InChI is InChI=1S/C30H28BrNO4S/c1-3-8-24-17-23(18-26(35-4-2)28(24)36-20-22-11-13-25(31)14-12-22)19-27-29(33)32(30(34)37-27)16-15-21-9-6-5-7-10-21/h3,5-7,9-14,17-19H,1,4,8,15-16,20H2,2H3/b27-19-. The topological polar surface area (TPSA) is 55.8 Å². The lowest BCUT2D eigenvalue weighted by Gasteiger charge is -2.17. The average Bonchev–Trinajstić information content (AvgIpc) is 3.16. The van der Waals surface area contributed by atoms with Gasteiger partial charge >= 0.3 is 0 Å². The third-order valence-electron chi connectivity index (χ3n) is 5.75. The minimum absolute atomic E-state index is 0.252. The summed E-state index contributed by atoms with van der Waals surface area (Å²) in [6.45, 7) is 6.99. The molecule has 190 valence electrons. The molecule has 1 fully saturated rings. The number of allylic oxidation sites excluding steroid dienone is 1. The van der Waals surface area contributed by atoms with Crippen molar-refractivity contribution in [1.29, 1.82) is 0 Å². The molecular formula is C30H28BrNO4S. The van der Waals surface area contributed by atoms with Crippen LogP contribution in [0.25, 0.3) is 6.08 Å². The van der Waals surface area contributed by atoms with Gasteiger partial charge in [0.15, 0.2) is 11.5 Å². The van der Waals surface area contributed by atoms with E-state index in [1.165, 1.54) is 4.90 Å². The van der Waals surface area contributed by atoms with Crippen LogP contribution >= 0.6 is 27.7 Å². The summed E-state index contributed by atoms with van der Waals surface area (Å²) in [5.74, 6) is 0.969. The average molecular weight is 579 g/mol. The van der Waals surface area contributed by atoms with Gasteiger partial charge in [0.05, 0.1) is 11.5 Å². The molecule has 0 saturated carbocycles. The SMILES string of the molecule is C=CCc1cc(/C=C2\SC(=O)N(CCc3ccccc3)C2=O)cc(OCC)c1OCc1ccc(Br)cc1. The summed E-state index contributed by atoms with van der Waals surface area (Å²) in [6.07, 6.45) is 4.74. The number of rotatable bonds is 11. The molecular weight excluding hydrogens is 550 g/mol. The number of hydrogen-bond acceptors (Lipinski definition) is 5. The first-order valence-corrected chi connectivity index (χ1v) is 13.7. The number of halogens is 1. The Bertz CT molecular complexity index is 1310. The predicted octanol–water partition coefficient (Wildman–Crippen LogP) is 7.43. The molecule has 0 aliphatic carbocycles.